The van der Waals surface area contributed by atoms with Gasteiger partial charge in [-0.05, 0) is 52.2 Å². The zero-order chi connectivity index (χ0) is 26.1. The molecule has 3 aromatic rings. The van der Waals surface area contributed by atoms with Gasteiger partial charge in [-0.2, -0.15) is 0 Å². The van der Waals surface area contributed by atoms with Crippen molar-refractivity contribution in [2.45, 2.75) is 52.2 Å². The van der Waals surface area contributed by atoms with E-state index in [1.807, 2.05) is 64.1 Å². The first-order chi connectivity index (χ1) is 16.9. The van der Waals surface area contributed by atoms with E-state index < -0.39 is 15.6 Å². The van der Waals surface area contributed by atoms with Gasteiger partial charge in [0.25, 0.3) is 0 Å². The minimum Gasteiger partial charge on any atom is -0.444 e. The Labute approximate surface area is 212 Å². The molecular formula is C26H33N5O4S. The van der Waals surface area contributed by atoms with Crippen LogP contribution in [0.25, 0.3) is 22.0 Å². The monoisotopic (exact) mass is 511 g/mol. The second kappa shape index (κ2) is 9.93. The van der Waals surface area contributed by atoms with E-state index in [9.17, 15) is 13.2 Å². The molecular weight excluding hydrogens is 478 g/mol. The highest BCUT2D eigenvalue weighted by Gasteiger charge is 2.28. The van der Waals surface area contributed by atoms with Crippen LogP contribution in [0.15, 0.2) is 42.5 Å². The highest BCUT2D eigenvalue weighted by Crippen LogP contribution is 2.35. The second-order valence-corrected chi connectivity index (χ2v) is 12.0. The van der Waals surface area contributed by atoms with Gasteiger partial charge in [-0.3, -0.25) is 4.72 Å². The maximum absolute atomic E-state index is 12.6. The molecule has 192 valence electrons. The van der Waals surface area contributed by atoms with Gasteiger partial charge in [0.15, 0.2) is 5.82 Å². The molecule has 4 rings (SSSR count). The predicted molar refractivity (Wildman–Crippen MR) is 143 cm³/mol. The molecule has 1 fully saturated rings. The van der Waals surface area contributed by atoms with Gasteiger partial charge >= 0.3 is 6.09 Å². The van der Waals surface area contributed by atoms with Crippen molar-refractivity contribution >= 4 is 38.4 Å². The Morgan fingerprint density at radius 3 is 2.53 bits per heavy atom. The van der Waals surface area contributed by atoms with Crippen molar-refractivity contribution in [3.63, 3.8) is 0 Å². The van der Waals surface area contributed by atoms with E-state index in [2.05, 4.69) is 20.2 Å². The topological polar surface area (TPSA) is 114 Å². The molecule has 10 heteroatoms. The van der Waals surface area contributed by atoms with Crippen LogP contribution in [-0.4, -0.2) is 60.6 Å². The molecule has 9 nitrogen and oxygen atoms in total. The van der Waals surface area contributed by atoms with Crippen LogP contribution in [-0.2, 0) is 14.8 Å². The molecule has 1 saturated heterocycles. The highest BCUT2D eigenvalue weighted by molar-refractivity contribution is 7.92. The number of amides is 1. The van der Waals surface area contributed by atoms with E-state index in [1.54, 1.807) is 11.0 Å². The first kappa shape index (κ1) is 25.7. The van der Waals surface area contributed by atoms with E-state index in [-0.39, 0.29) is 12.1 Å². The van der Waals surface area contributed by atoms with Crippen LogP contribution in [0.2, 0.25) is 0 Å². The van der Waals surface area contributed by atoms with Gasteiger partial charge in [0.2, 0.25) is 10.0 Å². The number of rotatable bonds is 5. The number of carbonyl (C=O) groups excluding carboxylic acids is 1. The van der Waals surface area contributed by atoms with E-state index in [4.69, 9.17) is 4.74 Å². The molecule has 1 amide bonds. The van der Waals surface area contributed by atoms with Crippen LogP contribution >= 0.6 is 0 Å². The average molecular weight is 512 g/mol. The Balaban J connectivity index is 1.65. The fourth-order valence-electron chi connectivity index (χ4n) is 4.34. The van der Waals surface area contributed by atoms with Crippen LogP contribution in [0.4, 0.5) is 16.3 Å². The van der Waals surface area contributed by atoms with Crippen molar-refractivity contribution in [1.82, 2.24) is 15.1 Å². The number of aromatic nitrogens is 2. The van der Waals surface area contributed by atoms with Gasteiger partial charge in [-0.1, -0.05) is 36.4 Å². The first-order valence-electron chi connectivity index (χ1n) is 12.0. The Morgan fingerprint density at radius 1 is 1.11 bits per heavy atom. The zero-order valence-corrected chi connectivity index (χ0v) is 22.1. The molecule has 2 heterocycles. The van der Waals surface area contributed by atoms with Crippen molar-refractivity contribution in [3.05, 3.63) is 48.0 Å². The van der Waals surface area contributed by atoms with E-state index in [0.29, 0.717) is 35.9 Å². The number of aryl methyl sites for hydroxylation is 1. The Hall–Kier alpha value is -3.40. The normalized spacial score (nSPS) is 16.6. The van der Waals surface area contributed by atoms with Crippen LogP contribution < -0.4 is 10.0 Å². The van der Waals surface area contributed by atoms with Gasteiger partial charge in [-0.15, -0.1) is 10.2 Å². The number of ether oxygens (including phenoxy) is 1. The molecule has 36 heavy (non-hydrogen) atoms. The third-order valence-corrected chi connectivity index (χ3v) is 6.42. The third-order valence-electron chi connectivity index (χ3n) is 5.83. The van der Waals surface area contributed by atoms with Crippen LogP contribution in [0.1, 0.15) is 39.2 Å². The summed E-state index contributed by atoms with van der Waals surface area (Å²) in [6, 6.07) is 13.3. The lowest BCUT2D eigenvalue weighted by molar-refractivity contribution is 0.0206. The van der Waals surface area contributed by atoms with Gasteiger partial charge in [-0.25, -0.2) is 13.2 Å². The molecule has 2 N–H and O–H groups in total. The van der Waals surface area contributed by atoms with Crippen molar-refractivity contribution < 1.29 is 17.9 Å². The second-order valence-electron chi connectivity index (χ2n) is 10.3. The molecule has 1 aromatic heterocycles. The van der Waals surface area contributed by atoms with Crippen LogP contribution in [0, 0.1) is 6.92 Å². The maximum Gasteiger partial charge on any atom is 0.410 e. The standard InChI is InChI=1S/C26H33N5O4S/c1-17-12-13-21(22(15-17)30-36(5,33)34)23-19-10-6-7-11-20(19)24(29-28-23)27-18-9-8-14-31(16-18)25(32)35-26(2,3)4/h6-7,10-13,15,18,30H,8-9,14,16H2,1-5H3,(H,27,29). The Kier molecular flexibility index (Phi) is 7.08. The smallest absolute Gasteiger partial charge is 0.410 e. The molecule has 0 spiro atoms. The van der Waals surface area contributed by atoms with Gasteiger partial charge < -0.3 is 15.0 Å². The summed E-state index contributed by atoms with van der Waals surface area (Å²) >= 11 is 0. The third kappa shape index (κ3) is 6.23. The number of hydrogen-bond acceptors (Lipinski definition) is 7. The summed E-state index contributed by atoms with van der Waals surface area (Å²) in [5.41, 5.74) is 2.07. The molecule has 1 aliphatic rings. The lowest BCUT2D eigenvalue weighted by Gasteiger charge is -2.34. The Morgan fingerprint density at radius 2 is 1.83 bits per heavy atom. The molecule has 2 aromatic carbocycles. The number of nitrogens with zero attached hydrogens (tertiary/aromatic N) is 3. The fourth-order valence-corrected chi connectivity index (χ4v) is 4.91. The first-order valence-corrected chi connectivity index (χ1v) is 13.9. The van der Waals surface area contributed by atoms with Crippen molar-refractivity contribution in [2.24, 2.45) is 0 Å². The van der Waals surface area contributed by atoms with Gasteiger partial charge in [0.05, 0.1) is 11.9 Å². The van der Waals surface area contributed by atoms with Gasteiger partial charge in [0.1, 0.15) is 11.3 Å². The quantitative estimate of drug-likeness (QED) is 0.506. The fraction of sp³-hybridized carbons (Fsp3) is 0.423. The Bertz CT molecular complexity index is 1380. The molecule has 0 radical (unpaired) electrons. The summed E-state index contributed by atoms with van der Waals surface area (Å²) in [5.74, 6) is 0.620. The number of hydrogen-bond donors (Lipinski definition) is 2. The average Bonchev–Trinajstić information content (AvgIpc) is 2.78. The summed E-state index contributed by atoms with van der Waals surface area (Å²) in [7, 11) is -3.48. The number of fused-ring (bicyclic) bond motifs is 1. The van der Waals surface area contributed by atoms with Gasteiger partial charge in [0, 0.05) is 35.5 Å². The maximum atomic E-state index is 12.6. The lowest BCUT2D eigenvalue weighted by Crippen LogP contribution is -2.47. The molecule has 1 aliphatic heterocycles. The number of carbonyl (C=O) groups is 1. The summed E-state index contributed by atoms with van der Waals surface area (Å²) < 4.78 is 32.1. The summed E-state index contributed by atoms with van der Waals surface area (Å²) in [6.07, 6.45) is 2.55. The summed E-state index contributed by atoms with van der Waals surface area (Å²) in [5, 5.41) is 14.2. The van der Waals surface area contributed by atoms with Crippen molar-refractivity contribution in [3.8, 4) is 11.3 Å². The number of piperidine rings is 1. The van der Waals surface area contributed by atoms with E-state index >= 15 is 0 Å². The SMILES string of the molecule is Cc1ccc(-c2nnc(NC3CCCN(C(=O)OC(C)(C)C)C3)c3ccccc23)c(NS(C)(=O)=O)c1. The predicted octanol–water partition coefficient (Wildman–Crippen LogP) is 4.79. The van der Waals surface area contributed by atoms with E-state index in [0.717, 1.165) is 35.4 Å². The number of likely N-dealkylation sites (tertiary alicyclic amines) is 1. The van der Waals surface area contributed by atoms with Crippen LogP contribution in [0.3, 0.4) is 0 Å². The lowest BCUT2D eigenvalue weighted by atomic mass is 10.0. The van der Waals surface area contributed by atoms with Crippen molar-refractivity contribution in [1.29, 1.82) is 0 Å². The zero-order valence-electron chi connectivity index (χ0n) is 21.3. The minimum absolute atomic E-state index is 0.00309. The minimum atomic E-state index is -3.48. The number of anilines is 2. The number of sulfonamides is 1. The molecule has 1 atom stereocenters. The van der Waals surface area contributed by atoms with Crippen molar-refractivity contribution in [2.75, 3.05) is 29.4 Å². The molecule has 0 bridgehead atoms. The molecule has 0 saturated carbocycles. The molecule has 0 aliphatic carbocycles. The number of nitrogens with one attached hydrogen (secondary N) is 2. The summed E-state index contributed by atoms with van der Waals surface area (Å²) in [4.78, 5) is 14.3. The molecule has 1 unspecified atom stereocenters. The van der Waals surface area contributed by atoms with E-state index in [1.165, 1.54) is 0 Å². The van der Waals surface area contributed by atoms with Crippen LogP contribution in [0.5, 0.6) is 0 Å². The number of benzene rings is 2. The summed E-state index contributed by atoms with van der Waals surface area (Å²) in [6.45, 7) is 8.64. The largest absolute Gasteiger partial charge is 0.444 e. The highest BCUT2D eigenvalue weighted by atomic mass is 32.2.